The van der Waals surface area contributed by atoms with E-state index in [1.165, 1.54) is 6.07 Å². The Balaban J connectivity index is 2.16. The maximum Gasteiger partial charge on any atom is 0.125 e. The van der Waals surface area contributed by atoms with Gasteiger partial charge in [0.25, 0.3) is 0 Å². The molecule has 1 aliphatic rings. The van der Waals surface area contributed by atoms with Crippen LogP contribution in [0, 0.1) is 11.7 Å². The van der Waals surface area contributed by atoms with Crippen LogP contribution in [0.25, 0.3) is 0 Å². The van der Waals surface area contributed by atoms with E-state index in [0.29, 0.717) is 5.92 Å². The Morgan fingerprint density at radius 1 is 1.42 bits per heavy atom. The van der Waals surface area contributed by atoms with E-state index in [1.807, 2.05) is 0 Å². The van der Waals surface area contributed by atoms with Gasteiger partial charge in [0.2, 0.25) is 0 Å². The molecule has 1 atom stereocenters. The second-order valence-corrected chi connectivity index (χ2v) is 6.44. The molecule has 0 aliphatic carbocycles. The molecular formula is C16H24FNO. The molecule has 2 rings (SSSR count). The second-order valence-electron chi connectivity index (χ2n) is 6.44. The Morgan fingerprint density at radius 3 is 2.84 bits per heavy atom. The van der Waals surface area contributed by atoms with Gasteiger partial charge in [0.1, 0.15) is 17.2 Å². The van der Waals surface area contributed by atoms with Crippen molar-refractivity contribution in [2.45, 2.75) is 52.2 Å². The number of hydrogen-bond donors (Lipinski definition) is 1. The first-order chi connectivity index (χ1) is 8.87. The Bertz CT molecular complexity index is 442. The lowest BCUT2D eigenvalue weighted by molar-refractivity contribution is 0.0656. The van der Waals surface area contributed by atoms with Crippen molar-refractivity contribution in [1.29, 1.82) is 0 Å². The minimum Gasteiger partial charge on any atom is -0.487 e. The van der Waals surface area contributed by atoms with E-state index in [-0.39, 0.29) is 17.5 Å². The van der Waals surface area contributed by atoms with Gasteiger partial charge in [-0.05, 0) is 50.9 Å². The van der Waals surface area contributed by atoms with Gasteiger partial charge in [-0.15, -0.1) is 0 Å². The highest BCUT2D eigenvalue weighted by molar-refractivity contribution is 5.39. The molecule has 0 saturated carbocycles. The molecule has 0 radical (unpaired) electrons. The third kappa shape index (κ3) is 3.69. The van der Waals surface area contributed by atoms with Crippen LogP contribution >= 0.6 is 0 Å². The third-order valence-corrected chi connectivity index (χ3v) is 3.54. The second kappa shape index (κ2) is 5.49. The predicted octanol–water partition coefficient (Wildman–Crippen LogP) is 4.06. The van der Waals surface area contributed by atoms with Crippen molar-refractivity contribution in [2.24, 2.45) is 5.92 Å². The summed E-state index contributed by atoms with van der Waals surface area (Å²) in [7, 11) is 0. The lowest BCUT2D eigenvalue weighted by Crippen LogP contribution is -2.39. The van der Waals surface area contributed by atoms with Crippen molar-refractivity contribution >= 4 is 0 Å². The highest BCUT2D eigenvalue weighted by atomic mass is 19.1. The van der Waals surface area contributed by atoms with Crippen LogP contribution < -0.4 is 10.1 Å². The predicted molar refractivity (Wildman–Crippen MR) is 75.9 cm³/mol. The summed E-state index contributed by atoms with van der Waals surface area (Å²) in [4.78, 5) is 0. The van der Waals surface area contributed by atoms with Crippen LogP contribution in [0.15, 0.2) is 18.2 Å². The molecule has 0 amide bonds. The molecule has 1 N–H and O–H groups in total. The minimum atomic E-state index is -0.208. The van der Waals surface area contributed by atoms with Gasteiger partial charge in [-0.25, -0.2) is 4.39 Å². The summed E-state index contributed by atoms with van der Waals surface area (Å²) in [5.74, 6) is 1.28. The monoisotopic (exact) mass is 265 g/mol. The Hall–Kier alpha value is -1.09. The number of nitrogens with one attached hydrogen (secondary N) is 1. The van der Waals surface area contributed by atoms with E-state index in [9.17, 15) is 4.39 Å². The number of hydrogen-bond acceptors (Lipinski definition) is 2. The average molecular weight is 265 g/mol. The van der Waals surface area contributed by atoms with Crippen molar-refractivity contribution in [1.82, 2.24) is 5.32 Å². The topological polar surface area (TPSA) is 21.3 Å². The smallest absolute Gasteiger partial charge is 0.125 e. The van der Waals surface area contributed by atoms with Crippen LogP contribution in [0.4, 0.5) is 4.39 Å². The largest absolute Gasteiger partial charge is 0.487 e. The normalized spacial score (nSPS) is 21.1. The number of fused-ring (bicyclic) bond motifs is 1. The SMILES string of the molecule is CC(C)CCNC1CC(C)(C)Oc2ccc(F)cc21. The van der Waals surface area contributed by atoms with Gasteiger partial charge in [0.05, 0.1) is 0 Å². The van der Waals surface area contributed by atoms with Crippen LogP contribution in [-0.4, -0.2) is 12.1 Å². The van der Waals surface area contributed by atoms with Crippen molar-refractivity contribution in [3.05, 3.63) is 29.6 Å². The van der Waals surface area contributed by atoms with Gasteiger partial charge in [-0.3, -0.25) is 0 Å². The quantitative estimate of drug-likeness (QED) is 0.886. The van der Waals surface area contributed by atoms with Gasteiger partial charge in [-0.2, -0.15) is 0 Å². The highest BCUT2D eigenvalue weighted by Crippen LogP contribution is 2.39. The minimum absolute atomic E-state index is 0.174. The van der Waals surface area contributed by atoms with Gasteiger partial charge in [-0.1, -0.05) is 13.8 Å². The van der Waals surface area contributed by atoms with Gasteiger partial charge < -0.3 is 10.1 Å². The maximum absolute atomic E-state index is 13.4. The first-order valence-corrected chi connectivity index (χ1v) is 7.09. The summed E-state index contributed by atoms with van der Waals surface area (Å²) in [6.45, 7) is 9.54. The van der Waals surface area contributed by atoms with Crippen molar-refractivity contribution in [3.8, 4) is 5.75 Å². The van der Waals surface area contributed by atoms with Crippen LogP contribution in [0.5, 0.6) is 5.75 Å². The van der Waals surface area contributed by atoms with Gasteiger partial charge in [0, 0.05) is 18.0 Å². The van der Waals surface area contributed by atoms with Crippen LogP contribution in [-0.2, 0) is 0 Å². The molecule has 0 spiro atoms. The summed E-state index contributed by atoms with van der Waals surface area (Å²) in [5.41, 5.74) is 0.739. The standard InChI is InChI=1S/C16H24FNO/c1-11(2)7-8-18-14-10-16(3,4)19-15-6-5-12(17)9-13(14)15/h5-6,9,11,14,18H,7-8,10H2,1-4H3. The first-order valence-electron chi connectivity index (χ1n) is 7.09. The number of halogens is 1. The third-order valence-electron chi connectivity index (χ3n) is 3.54. The van der Waals surface area contributed by atoms with Crippen LogP contribution in [0.2, 0.25) is 0 Å². The Morgan fingerprint density at radius 2 is 2.16 bits per heavy atom. The maximum atomic E-state index is 13.4. The van der Waals surface area contributed by atoms with E-state index in [1.54, 1.807) is 12.1 Å². The number of rotatable bonds is 4. The summed E-state index contributed by atoms with van der Waals surface area (Å²) in [5, 5.41) is 3.55. The molecule has 0 fully saturated rings. The van der Waals surface area contributed by atoms with E-state index in [4.69, 9.17) is 4.74 Å². The summed E-state index contributed by atoms with van der Waals surface area (Å²) in [6, 6.07) is 4.97. The van der Waals surface area contributed by atoms with Crippen molar-refractivity contribution < 1.29 is 9.13 Å². The van der Waals surface area contributed by atoms with Crippen molar-refractivity contribution in [3.63, 3.8) is 0 Å². The zero-order chi connectivity index (χ0) is 14.0. The molecule has 1 aromatic carbocycles. The molecule has 1 aliphatic heterocycles. The van der Waals surface area contributed by atoms with E-state index in [0.717, 1.165) is 30.7 Å². The molecule has 3 heteroatoms. The molecule has 1 heterocycles. The highest BCUT2D eigenvalue weighted by Gasteiger charge is 2.33. The van der Waals surface area contributed by atoms with Crippen LogP contribution in [0.3, 0.4) is 0 Å². The van der Waals surface area contributed by atoms with Crippen molar-refractivity contribution in [2.75, 3.05) is 6.54 Å². The number of benzene rings is 1. The fourth-order valence-corrected chi connectivity index (χ4v) is 2.55. The Kier molecular flexibility index (Phi) is 4.14. The van der Waals surface area contributed by atoms with Gasteiger partial charge >= 0.3 is 0 Å². The fraction of sp³-hybridized carbons (Fsp3) is 0.625. The van der Waals surface area contributed by atoms with E-state index < -0.39 is 0 Å². The molecule has 1 aromatic rings. The lowest BCUT2D eigenvalue weighted by atomic mass is 9.89. The summed E-state index contributed by atoms with van der Waals surface area (Å²) >= 11 is 0. The molecule has 106 valence electrons. The molecule has 0 saturated heterocycles. The zero-order valence-corrected chi connectivity index (χ0v) is 12.3. The van der Waals surface area contributed by atoms with Crippen LogP contribution in [0.1, 0.15) is 52.1 Å². The van der Waals surface area contributed by atoms with E-state index >= 15 is 0 Å². The first kappa shape index (κ1) is 14.3. The molecule has 1 unspecified atom stereocenters. The molecular weight excluding hydrogens is 241 g/mol. The Labute approximate surface area is 115 Å². The lowest BCUT2D eigenvalue weighted by Gasteiger charge is -2.38. The molecule has 0 aromatic heterocycles. The summed E-state index contributed by atoms with van der Waals surface area (Å²) in [6.07, 6.45) is 1.99. The van der Waals surface area contributed by atoms with E-state index in [2.05, 4.69) is 33.0 Å². The fourth-order valence-electron chi connectivity index (χ4n) is 2.55. The molecule has 2 nitrogen and oxygen atoms in total. The van der Waals surface area contributed by atoms with Gasteiger partial charge in [0.15, 0.2) is 0 Å². The summed E-state index contributed by atoms with van der Waals surface area (Å²) < 4.78 is 19.4. The molecule has 19 heavy (non-hydrogen) atoms. The average Bonchev–Trinajstić information content (AvgIpc) is 2.28. The number of ether oxygens (including phenoxy) is 1. The zero-order valence-electron chi connectivity index (χ0n) is 12.3. The molecule has 0 bridgehead atoms.